The molecule has 4 rings (SSSR count). The van der Waals surface area contributed by atoms with Crippen molar-refractivity contribution < 1.29 is 4.79 Å². The van der Waals surface area contributed by atoms with E-state index in [-0.39, 0.29) is 5.91 Å². The third-order valence-corrected chi connectivity index (χ3v) is 5.56. The van der Waals surface area contributed by atoms with Crippen molar-refractivity contribution in [3.05, 3.63) is 83.4 Å². The van der Waals surface area contributed by atoms with Gasteiger partial charge in [-0.15, -0.1) is 5.10 Å². The van der Waals surface area contributed by atoms with Gasteiger partial charge < -0.3 is 0 Å². The molecule has 0 aromatic heterocycles. The van der Waals surface area contributed by atoms with Crippen LogP contribution in [0.25, 0.3) is 10.8 Å². The standard InChI is InChI=1S/C22H19N3OS/c1-16-7-2-3-9-19(16)14-25-21(26)15-27-22(25)24-23-13-18-11-6-10-17-8-4-5-12-20(17)18/h2-13H,14-15H2,1H3/b23-13+,24-22-. The number of amidine groups is 1. The highest BCUT2D eigenvalue weighted by atomic mass is 32.2. The first kappa shape index (κ1) is 17.5. The van der Waals surface area contributed by atoms with Gasteiger partial charge in [0.25, 0.3) is 0 Å². The monoisotopic (exact) mass is 373 g/mol. The van der Waals surface area contributed by atoms with Gasteiger partial charge in [-0.2, -0.15) is 5.10 Å². The van der Waals surface area contributed by atoms with Crippen molar-refractivity contribution in [3.63, 3.8) is 0 Å². The number of thioether (sulfide) groups is 1. The van der Waals surface area contributed by atoms with Gasteiger partial charge in [-0.1, -0.05) is 78.5 Å². The van der Waals surface area contributed by atoms with Crippen molar-refractivity contribution >= 4 is 39.8 Å². The maximum Gasteiger partial charge on any atom is 0.239 e. The predicted molar refractivity (Wildman–Crippen MR) is 113 cm³/mol. The largest absolute Gasteiger partial charge is 0.285 e. The van der Waals surface area contributed by atoms with E-state index in [1.807, 2.05) is 42.5 Å². The summed E-state index contributed by atoms with van der Waals surface area (Å²) in [5.74, 6) is 0.483. The predicted octanol–water partition coefficient (Wildman–Crippen LogP) is 4.61. The second-order valence-corrected chi connectivity index (χ2v) is 7.33. The first-order chi connectivity index (χ1) is 13.2. The van der Waals surface area contributed by atoms with Crippen LogP contribution in [-0.2, 0) is 11.3 Å². The molecule has 134 valence electrons. The lowest BCUT2D eigenvalue weighted by Gasteiger charge is -2.16. The van der Waals surface area contributed by atoms with Crippen LogP contribution in [0.4, 0.5) is 0 Å². The Balaban J connectivity index is 1.58. The molecule has 1 fully saturated rings. The Bertz CT molecular complexity index is 1050. The van der Waals surface area contributed by atoms with Gasteiger partial charge in [-0.05, 0) is 28.8 Å². The van der Waals surface area contributed by atoms with E-state index >= 15 is 0 Å². The minimum atomic E-state index is 0.0716. The number of carbonyl (C=O) groups is 1. The molecule has 3 aromatic rings. The van der Waals surface area contributed by atoms with E-state index in [0.29, 0.717) is 17.5 Å². The van der Waals surface area contributed by atoms with Crippen molar-refractivity contribution in [1.29, 1.82) is 0 Å². The molecule has 3 aromatic carbocycles. The van der Waals surface area contributed by atoms with Crippen LogP contribution in [0.15, 0.2) is 76.9 Å². The smallest absolute Gasteiger partial charge is 0.239 e. The van der Waals surface area contributed by atoms with Gasteiger partial charge in [0.1, 0.15) is 0 Å². The SMILES string of the molecule is Cc1ccccc1CN1C(=O)CS/C1=N\N=C\c1cccc2ccccc12. The van der Waals surface area contributed by atoms with E-state index < -0.39 is 0 Å². The molecule has 1 heterocycles. The second-order valence-electron chi connectivity index (χ2n) is 6.39. The highest BCUT2D eigenvalue weighted by Gasteiger charge is 2.28. The Hall–Kier alpha value is -2.92. The average Bonchev–Trinajstić information content (AvgIpc) is 3.03. The molecule has 0 bridgehead atoms. The van der Waals surface area contributed by atoms with Crippen LogP contribution >= 0.6 is 11.8 Å². The summed E-state index contributed by atoms with van der Waals surface area (Å²) in [4.78, 5) is 14.0. The summed E-state index contributed by atoms with van der Waals surface area (Å²) in [6.45, 7) is 2.58. The molecule has 1 aliphatic rings. The van der Waals surface area contributed by atoms with Gasteiger partial charge in [0.15, 0.2) is 5.17 Å². The zero-order valence-electron chi connectivity index (χ0n) is 15.0. The molecule has 1 saturated heterocycles. The molecule has 5 heteroatoms. The zero-order chi connectivity index (χ0) is 18.6. The van der Waals surface area contributed by atoms with Gasteiger partial charge in [0, 0.05) is 5.56 Å². The fourth-order valence-electron chi connectivity index (χ4n) is 3.09. The van der Waals surface area contributed by atoms with Crippen molar-refractivity contribution in [2.75, 3.05) is 5.75 Å². The lowest BCUT2D eigenvalue weighted by Crippen LogP contribution is -2.29. The number of nitrogens with zero attached hydrogens (tertiary/aromatic N) is 3. The van der Waals surface area contributed by atoms with E-state index in [2.05, 4.69) is 41.4 Å². The van der Waals surface area contributed by atoms with E-state index in [9.17, 15) is 4.79 Å². The number of fused-ring (bicyclic) bond motifs is 1. The van der Waals surface area contributed by atoms with Crippen molar-refractivity contribution in [1.82, 2.24) is 4.90 Å². The molecule has 1 amide bonds. The first-order valence-corrected chi connectivity index (χ1v) is 9.77. The number of rotatable bonds is 4. The summed E-state index contributed by atoms with van der Waals surface area (Å²) in [5, 5.41) is 11.6. The van der Waals surface area contributed by atoms with Gasteiger partial charge in [0.2, 0.25) is 5.91 Å². The summed E-state index contributed by atoms with van der Waals surface area (Å²) in [6, 6.07) is 22.4. The first-order valence-electron chi connectivity index (χ1n) is 8.79. The fraction of sp³-hybridized carbons (Fsp3) is 0.136. The molecule has 4 nitrogen and oxygen atoms in total. The summed E-state index contributed by atoms with van der Waals surface area (Å²) in [7, 11) is 0. The van der Waals surface area contributed by atoms with Crippen molar-refractivity contribution in [2.45, 2.75) is 13.5 Å². The Kier molecular flexibility index (Phi) is 5.03. The molecule has 0 unspecified atom stereocenters. The highest BCUT2D eigenvalue weighted by molar-refractivity contribution is 8.15. The van der Waals surface area contributed by atoms with Crippen LogP contribution in [0.1, 0.15) is 16.7 Å². The van der Waals surface area contributed by atoms with E-state index in [1.165, 1.54) is 22.7 Å². The van der Waals surface area contributed by atoms with Crippen LogP contribution in [0, 0.1) is 6.92 Å². The maximum atomic E-state index is 12.3. The highest BCUT2D eigenvalue weighted by Crippen LogP contribution is 2.23. The fourth-order valence-corrected chi connectivity index (χ4v) is 3.92. The number of carbonyl (C=O) groups excluding carboxylic acids is 1. The van der Waals surface area contributed by atoms with Crippen LogP contribution in [0.5, 0.6) is 0 Å². The number of aryl methyl sites for hydroxylation is 1. The van der Waals surface area contributed by atoms with Gasteiger partial charge in [-0.25, -0.2) is 0 Å². The molecule has 0 N–H and O–H groups in total. The normalized spacial score (nSPS) is 16.1. The van der Waals surface area contributed by atoms with Crippen molar-refractivity contribution in [2.24, 2.45) is 10.2 Å². The van der Waals surface area contributed by atoms with Crippen LogP contribution < -0.4 is 0 Å². The Morgan fingerprint density at radius 2 is 1.81 bits per heavy atom. The maximum absolute atomic E-state index is 12.3. The number of hydrogen-bond acceptors (Lipinski definition) is 4. The quantitative estimate of drug-likeness (QED) is 0.495. The third-order valence-electron chi connectivity index (χ3n) is 4.61. The minimum absolute atomic E-state index is 0.0716. The molecule has 0 radical (unpaired) electrons. The average molecular weight is 373 g/mol. The summed E-state index contributed by atoms with van der Waals surface area (Å²) in [6.07, 6.45) is 1.75. The number of amides is 1. The van der Waals surface area contributed by atoms with Crippen LogP contribution in [0.2, 0.25) is 0 Å². The number of hydrogen-bond donors (Lipinski definition) is 0. The van der Waals surface area contributed by atoms with Gasteiger partial charge >= 0.3 is 0 Å². The second kappa shape index (κ2) is 7.76. The van der Waals surface area contributed by atoms with E-state index in [0.717, 1.165) is 16.5 Å². The molecule has 0 saturated carbocycles. The topological polar surface area (TPSA) is 45.0 Å². The van der Waals surface area contributed by atoms with E-state index in [4.69, 9.17) is 0 Å². The zero-order valence-corrected chi connectivity index (χ0v) is 15.8. The summed E-state index contributed by atoms with van der Waals surface area (Å²) < 4.78 is 0. The van der Waals surface area contributed by atoms with Gasteiger partial charge in [0.05, 0.1) is 18.5 Å². The minimum Gasteiger partial charge on any atom is -0.285 e. The Morgan fingerprint density at radius 3 is 2.70 bits per heavy atom. The molecule has 0 atom stereocenters. The van der Waals surface area contributed by atoms with Gasteiger partial charge in [-0.3, -0.25) is 9.69 Å². The number of benzene rings is 3. The van der Waals surface area contributed by atoms with Crippen molar-refractivity contribution in [3.8, 4) is 0 Å². The Morgan fingerprint density at radius 1 is 1.04 bits per heavy atom. The lowest BCUT2D eigenvalue weighted by molar-refractivity contribution is -0.124. The third kappa shape index (κ3) is 3.78. The van der Waals surface area contributed by atoms with E-state index in [1.54, 1.807) is 11.1 Å². The molecular formula is C22H19N3OS. The molecule has 0 aliphatic carbocycles. The Labute approximate surface area is 162 Å². The van der Waals surface area contributed by atoms with Crippen LogP contribution in [0.3, 0.4) is 0 Å². The summed E-state index contributed by atoms with van der Waals surface area (Å²) in [5.41, 5.74) is 3.30. The molecule has 0 spiro atoms. The summed E-state index contributed by atoms with van der Waals surface area (Å²) >= 11 is 1.44. The molecular weight excluding hydrogens is 354 g/mol. The molecule has 27 heavy (non-hydrogen) atoms. The molecule has 1 aliphatic heterocycles. The van der Waals surface area contributed by atoms with Crippen LogP contribution in [-0.4, -0.2) is 27.9 Å². The lowest BCUT2D eigenvalue weighted by atomic mass is 10.1.